The molecule has 8 heteroatoms. The van der Waals surface area contributed by atoms with Crippen LogP contribution in [0.2, 0.25) is 0 Å². The molecule has 2 heterocycles. The minimum Gasteiger partial charge on any atom is -0.330 e. The highest BCUT2D eigenvalue weighted by Gasteiger charge is 2.35. The quantitative estimate of drug-likeness (QED) is 0.180. The molecule has 0 aromatic heterocycles. The second kappa shape index (κ2) is 14.8. The van der Waals surface area contributed by atoms with Crippen LogP contribution in [0.3, 0.4) is 0 Å². The van der Waals surface area contributed by atoms with Crippen molar-refractivity contribution in [3.8, 4) is 11.1 Å². The molecule has 5 aromatic rings. The molecular formula is C42H40N4O4. The first-order valence-corrected chi connectivity index (χ1v) is 17.3. The van der Waals surface area contributed by atoms with E-state index in [9.17, 15) is 19.2 Å². The van der Waals surface area contributed by atoms with Gasteiger partial charge in [0, 0.05) is 24.5 Å². The summed E-state index contributed by atoms with van der Waals surface area (Å²) < 4.78 is 0. The van der Waals surface area contributed by atoms with Crippen molar-refractivity contribution < 1.29 is 19.2 Å². The topological polar surface area (TPSA) is 98.8 Å². The van der Waals surface area contributed by atoms with Gasteiger partial charge < -0.3 is 20.4 Å². The van der Waals surface area contributed by atoms with Gasteiger partial charge in [0.2, 0.25) is 23.6 Å². The molecule has 2 aliphatic rings. The molecule has 0 aliphatic carbocycles. The molecule has 8 nitrogen and oxygen atoms in total. The second-order valence-electron chi connectivity index (χ2n) is 13.1. The molecule has 50 heavy (non-hydrogen) atoms. The molecule has 2 aliphatic heterocycles. The summed E-state index contributed by atoms with van der Waals surface area (Å²) in [5, 5.41) is 8.07. The largest absolute Gasteiger partial charge is 0.330 e. The fourth-order valence-corrected chi connectivity index (χ4v) is 7.12. The Morgan fingerprint density at radius 3 is 1.54 bits per heavy atom. The van der Waals surface area contributed by atoms with Crippen LogP contribution in [0.15, 0.2) is 121 Å². The lowest BCUT2D eigenvalue weighted by Gasteiger charge is -2.24. The lowest BCUT2D eigenvalue weighted by atomic mass is 10.0. The van der Waals surface area contributed by atoms with E-state index in [-0.39, 0.29) is 36.5 Å². The van der Waals surface area contributed by atoms with Gasteiger partial charge in [-0.1, -0.05) is 91.0 Å². The van der Waals surface area contributed by atoms with E-state index in [0.29, 0.717) is 37.3 Å². The molecule has 2 saturated heterocycles. The monoisotopic (exact) mass is 664 g/mol. The Bertz CT molecular complexity index is 2010. The molecule has 5 aromatic carbocycles. The Balaban J connectivity index is 0.961. The van der Waals surface area contributed by atoms with Crippen molar-refractivity contribution in [1.29, 1.82) is 0 Å². The number of nitrogens with one attached hydrogen (secondary N) is 2. The zero-order valence-electron chi connectivity index (χ0n) is 27.9. The minimum atomic E-state index is -0.476. The van der Waals surface area contributed by atoms with Gasteiger partial charge >= 0.3 is 0 Å². The Hall–Kier alpha value is -5.76. The Labute approximate surface area is 292 Å². The molecule has 0 saturated carbocycles. The number of anilines is 2. The number of nitrogens with zero attached hydrogens (tertiary/aromatic N) is 2. The van der Waals surface area contributed by atoms with Crippen LogP contribution in [-0.4, -0.2) is 58.6 Å². The van der Waals surface area contributed by atoms with Crippen molar-refractivity contribution in [3.63, 3.8) is 0 Å². The molecule has 0 spiro atoms. The van der Waals surface area contributed by atoms with Crippen molar-refractivity contribution in [1.82, 2.24) is 9.80 Å². The summed E-state index contributed by atoms with van der Waals surface area (Å²) in [6.45, 7) is 1.18. The Morgan fingerprint density at radius 2 is 0.980 bits per heavy atom. The summed E-state index contributed by atoms with van der Waals surface area (Å²) in [5.41, 5.74) is 5.30. The highest BCUT2D eigenvalue weighted by molar-refractivity contribution is 6.00. The van der Waals surface area contributed by atoms with E-state index in [2.05, 4.69) is 16.7 Å². The lowest BCUT2D eigenvalue weighted by Crippen LogP contribution is -2.43. The maximum atomic E-state index is 13.3. The first kappa shape index (κ1) is 32.8. The fourth-order valence-electron chi connectivity index (χ4n) is 7.12. The van der Waals surface area contributed by atoms with Gasteiger partial charge in [0.1, 0.15) is 12.1 Å². The van der Waals surface area contributed by atoms with Crippen LogP contribution in [0.1, 0.15) is 36.8 Å². The molecule has 2 fully saturated rings. The Morgan fingerprint density at radius 1 is 0.520 bits per heavy atom. The van der Waals surface area contributed by atoms with E-state index >= 15 is 0 Å². The van der Waals surface area contributed by atoms with Crippen LogP contribution >= 0.6 is 0 Å². The standard InChI is InChI=1S/C42H40N4O4/c47-39(25-29-9-3-1-4-10-29)45-23-7-13-37(45)41(49)43-35-20-17-31(18-21-35)32-15-16-34-28-36(22-19-33(34)27-32)44-42(50)38-14-8-24-46(38)40(48)26-30-11-5-2-6-12-30/h1-6,9-12,15-22,27-28,37-38H,7-8,13-14,23-26H2,(H,43,49)(H,44,50). The number of fused-ring (bicyclic) bond motifs is 1. The summed E-state index contributed by atoms with van der Waals surface area (Å²) in [5.74, 6) is -0.376. The van der Waals surface area contributed by atoms with Crippen molar-refractivity contribution in [2.75, 3.05) is 23.7 Å². The van der Waals surface area contributed by atoms with Crippen molar-refractivity contribution >= 4 is 45.8 Å². The van der Waals surface area contributed by atoms with E-state index in [1.54, 1.807) is 9.80 Å². The highest BCUT2D eigenvalue weighted by atomic mass is 16.2. The average molecular weight is 665 g/mol. The van der Waals surface area contributed by atoms with E-state index in [4.69, 9.17) is 0 Å². The number of hydrogen-bond acceptors (Lipinski definition) is 4. The zero-order chi connectivity index (χ0) is 34.5. The van der Waals surface area contributed by atoms with Crippen molar-refractivity contribution in [2.45, 2.75) is 50.6 Å². The summed E-state index contributed by atoms with van der Waals surface area (Å²) in [6, 6.07) is 38.0. The van der Waals surface area contributed by atoms with Crippen LogP contribution in [0, 0.1) is 0 Å². The van der Waals surface area contributed by atoms with Gasteiger partial charge in [-0.05, 0) is 89.0 Å². The van der Waals surface area contributed by atoms with E-state index < -0.39 is 12.1 Å². The molecular weight excluding hydrogens is 624 g/mol. The second-order valence-corrected chi connectivity index (χ2v) is 13.1. The number of rotatable bonds is 9. The number of carbonyl (C=O) groups excluding carboxylic acids is 4. The normalized spacial score (nSPS) is 17.1. The van der Waals surface area contributed by atoms with Gasteiger partial charge in [-0.25, -0.2) is 0 Å². The third-order valence-corrected chi connectivity index (χ3v) is 9.74. The molecule has 0 radical (unpaired) electrons. The lowest BCUT2D eigenvalue weighted by molar-refractivity contribution is -0.136. The molecule has 0 bridgehead atoms. The van der Waals surface area contributed by atoms with Crippen LogP contribution in [0.4, 0.5) is 11.4 Å². The van der Waals surface area contributed by atoms with E-state index in [1.165, 1.54) is 0 Å². The summed E-state index contributed by atoms with van der Waals surface area (Å²) in [6.07, 6.45) is 3.50. The summed E-state index contributed by atoms with van der Waals surface area (Å²) in [7, 11) is 0. The van der Waals surface area contributed by atoms with Gasteiger partial charge in [-0.2, -0.15) is 0 Å². The first-order chi connectivity index (χ1) is 24.4. The van der Waals surface area contributed by atoms with Gasteiger partial charge in [0.15, 0.2) is 0 Å². The predicted molar refractivity (Wildman–Crippen MR) is 196 cm³/mol. The molecule has 4 amide bonds. The van der Waals surface area contributed by atoms with Crippen LogP contribution in [-0.2, 0) is 32.0 Å². The predicted octanol–water partition coefficient (Wildman–Crippen LogP) is 6.85. The van der Waals surface area contributed by atoms with Gasteiger partial charge in [0.25, 0.3) is 0 Å². The van der Waals surface area contributed by atoms with Gasteiger partial charge in [0.05, 0.1) is 12.8 Å². The van der Waals surface area contributed by atoms with Crippen molar-refractivity contribution in [3.05, 3.63) is 132 Å². The number of benzene rings is 5. The van der Waals surface area contributed by atoms with Crippen LogP contribution in [0.5, 0.6) is 0 Å². The smallest absolute Gasteiger partial charge is 0.247 e. The molecule has 2 atom stereocenters. The summed E-state index contributed by atoms with van der Waals surface area (Å²) in [4.78, 5) is 56.0. The SMILES string of the molecule is O=C(Nc1ccc(-c2ccc3cc(NC(=O)C4CCCN4C(=O)Cc4ccccc4)ccc3c2)cc1)C1CCCN1C(=O)Cc1ccccc1. The number of carbonyl (C=O) groups is 4. The highest BCUT2D eigenvalue weighted by Crippen LogP contribution is 2.29. The number of likely N-dealkylation sites (tertiary alicyclic amines) is 2. The fraction of sp³-hybridized carbons (Fsp3) is 0.238. The molecule has 2 N–H and O–H groups in total. The molecule has 252 valence electrons. The van der Waals surface area contributed by atoms with Crippen molar-refractivity contribution in [2.24, 2.45) is 0 Å². The van der Waals surface area contributed by atoms with Crippen LogP contribution < -0.4 is 10.6 Å². The molecule has 2 unspecified atom stereocenters. The zero-order valence-corrected chi connectivity index (χ0v) is 27.9. The maximum absolute atomic E-state index is 13.3. The van der Waals surface area contributed by atoms with Gasteiger partial charge in [-0.3, -0.25) is 19.2 Å². The third kappa shape index (κ3) is 7.44. The third-order valence-electron chi connectivity index (χ3n) is 9.74. The number of amides is 4. The Kier molecular flexibility index (Phi) is 9.69. The maximum Gasteiger partial charge on any atom is 0.247 e. The van der Waals surface area contributed by atoms with Crippen LogP contribution in [0.25, 0.3) is 21.9 Å². The molecule has 7 rings (SSSR count). The minimum absolute atomic E-state index is 0.0261. The number of hydrogen-bond donors (Lipinski definition) is 2. The summed E-state index contributed by atoms with van der Waals surface area (Å²) >= 11 is 0. The van der Waals surface area contributed by atoms with E-state index in [0.717, 1.165) is 45.9 Å². The van der Waals surface area contributed by atoms with E-state index in [1.807, 2.05) is 115 Å². The average Bonchev–Trinajstić information content (AvgIpc) is 3.84. The first-order valence-electron chi connectivity index (χ1n) is 17.3. The van der Waals surface area contributed by atoms with Gasteiger partial charge in [-0.15, -0.1) is 0 Å².